The number of carbonyl (C=O) groups is 2. The van der Waals surface area contributed by atoms with E-state index < -0.39 is 0 Å². The summed E-state index contributed by atoms with van der Waals surface area (Å²) in [7, 11) is 7.91. The van der Waals surface area contributed by atoms with Gasteiger partial charge in [-0.2, -0.15) is 0 Å². The normalized spacial score (nSPS) is 18.4. The third-order valence-electron chi connectivity index (χ3n) is 5.56. The number of carbonyl (C=O) groups excluding carboxylic acids is 2. The molecule has 1 fully saturated rings. The van der Waals surface area contributed by atoms with Gasteiger partial charge in [-0.3, -0.25) is 4.79 Å². The van der Waals surface area contributed by atoms with Gasteiger partial charge in [0.15, 0.2) is 0 Å². The Morgan fingerprint density at radius 2 is 1.89 bits per heavy atom. The van der Waals surface area contributed by atoms with Gasteiger partial charge in [-0.1, -0.05) is 6.07 Å². The highest BCUT2D eigenvalue weighted by molar-refractivity contribution is 5.98. The molecule has 1 N–H and O–H groups in total. The average molecular weight is 374 g/mol. The highest BCUT2D eigenvalue weighted by Crippen LogP contribution is 2.28. The standard InChI is InChI=1S/C20H31N5O2/c1-22(2)11-12-24(4)19(26)15-5-6-16-14-25(20(27)21-18(16)13-15)17-7-9-23(3)10-8-17/h5-6,13,17H,7-12,14H2,1-4H3,(H,21,27). The van der Waals surface area contributed by atoms with Gasteiger partial charge in [0.2, 0.25) is 0 Å². The van der Waals surface area contributed by atoms with E-state index in [4.69, 9.17) is 0 Å². The summed E-state index contributed by atoms with van der Waals surface area (Å²) in [5.74, 6) is -0.0216. The molecule has 0 saturated carbocycles. The number of hydrogen-bond donors (Lipinski definition) is 1. The molecule has 0 unspecified atom stereocenters. The van der Waals surface area contributed by atoms with Crippen LogP contribution < -0.4 is 5.32 Å². The van der Waals surface area contributed by atoms with Gasteiger partial charge in [0.25, 0.3) is 5.91 Å². The molecule has 1 aromatic carbocycles. The maximum atomic E-state index is 12.6. The molecule has 0 spiro atoms. The van der Waals surface area contributed by atoms with Gasteiger partial charge in [0.05, 0.1) is 0 Å². The van der Waals surface area contributed by atoms with Crippen LogP contribution in [-0.4, -0.2) is 91.9 Å². The topological polar surface area (TPSA) is 59.1 Å². The summed E-state index contributed by atoms with van der Waals surface area (Å²) in [5.41, 5.74) is 2.44. The fraction of sp³-hybridized carbons (Fsp3) is 0.600. The van der Waals surface area contributed by atoms with E-state index in [1.165, 1.54) is 0 Å². The van der Waals surface area contributed by atoms with Crippen LogP contribution in [0.4, 0.5) is 10.5 Å². The minimum atomic E-state index is -0.0531. The van der Waals surface area contributed by atoms with Crippen molar-refractivity contribution >= 4 is 17.6 Å². The highest BCUT2D eigenvalue weighted by atomic mass is 16.2. The number of rotatable bonds is 5. The highest BCUT2D eigenvalue weighted by Gasteiger charge is 2.31. The SMILES string of the molecule is CN(C)CCN(C)C(=O)c1ccc2c(c1)NC(=O)N(C1CCN(C)CC1)C2. The Kier molecular flexibility index (Phi) is 6.01. The molecule has 27 heavy (non-hydrogen) atoms. The molecule has 1 aromatic rings. The van der Waals surface area contributed by atoms with Gasteiger partial charge < -0.3 is 24.9 Å². The van der Waals surface area contributed by atoms with Crippen LogP contribution in [-0.2, 0) is 6.54 Å². The van der Waals surface area contributed by atoms with Crippen LogP contribution in [0.3, 0.4) is 0 Å². The molecule has 0 aromatic heterocycles. The van der Waals surface area contributed by atoms with E-state index in [1.54, 1.807) is 4.90 Å². The number of likely N-dealkylation sites (N-methyl/N-ethyl adjacent to an activating group) is 2. The Labute approximate surface area is 161 Å². The number of anilines is 1. The van der Waals surface area contributed by atoms with Crippen LogP contribution in [0.1, 0.15) is 28.8 Å². The fourth-order valence-corrected chi connectivity index (χ4v) is 3.68. The number of likely N-dealkylation sites (tertiary alicyclic amines) is 1. The molecule has 2 aliphatic heterocycles. The molecule has 0 atom stereocenters. The number of nitrogens with one attached hydrogen (secondary N) is 1. The fourth-order valence-electron chi connectivity index (χ4n) is 3.68. The molecule has 2 aliphatic rings. The first kappa shape index (κ1) is 19.6. The lowest BCUT2D eigenvalue weighted by molar-refractivity contribution is 0.0786. The summed E-state index contributed by atoms with van der Waals surface area (Å²) < 4.78 is 0. The Bertz CT molecular complexity index is 698. The van der Waals surface area contributed by atoms with Gasteiger partial charge in [-0.15, -0.1) is 0 Å². The third kappa shape index (κ3) is 4.59. The molecular formula is C20H31N5O2. The molecule has 0 aliphatic carbocycles. The minimum Gasteiger partial charge on any atom is -0.340 e. The smallest absolute Gasteiger partial charge is 0.322 e. The predicted molar refractivity (Wildman–Crippen MR) is 107 cm³/mol. The summed E-state index contributed by atoms with van der Waals surface area (Å²) >= 11 is 0. The zero-order chi connectivity index (χ0) is 19.6. The van der Waals surface area contributed by atoms with E-state index in [2.05, 4.69) is 22.2 Å². The zero-order valence-corrected chi connectivity index (χ0v) is 16.9. The van der Waals surface area contributed by atoms with Gasteiger partial charge in [0, 0.05) is 44.0 Å². The predicted octanol–water partition coefficient (Wildman–Crippen LogP) is 1.76. The van der Waals surface area contributed by atoms with Crippen LogP contribution in [0.2, 0.25) is 0 Å². The third-order valence-corrected chi connectivity index (χ3v) is 5.56. The minimum absolute atomic E-state index is 0.0216. The maximum absolute atomic E-state index is 12.6. The lowest BCUT2D eigenvalue weighted by Gasteiger charge is -2.39. The van der Waals surface area contributed by atoms with E-state index in [1.807, 2.05) is 44.2 Å². The molecule has 2 heterocycles. The number of hydrogen-bond acceptors (Lipinski definition) is 4. The average Bonchev–Trinajstić information content (AvgIpc) is 2.65. The molecule has 7 nitrogen and oxygen atoms in total. The van der Waals surface area contributed by atoms with Crippen molar-refractivity contribution in [1.82, 2.24) is 19.6 Å². The first-order valence-corrected chi connectivity index (χ1v) is 9.64. The second-order valence-corrected chi connectivity index (χ2v) is 7.99. The van der Waals surface area contributed by atoms with Crippen molar-refractivity contribution in [3.8, 4) is 0 Å². The summed E-state index contributed by atoms with van der Waals surface area (Å²) in [6.07, 6.45) is 2.01. The number of urea groups is 1. The number of benzene rings is 1. The molecular weight excluding hydrogens is 342 g/mol. The van der Waals surface area contributed by atoms with Crippen molar-refractivity contribution in [2.75, 3.05) is 59.7 Å². The molecule has 7 heteroatoms. The van der Waals surface area contributed by atoms with Crippen molar-refractivity contribution in [3.63, 3.8) is 0 Å². The zero-order valence-electron chi connectivity index (χ0n) is 16.9. The first-order valence-electron chi connectivity index (χ1n) is 9.64. The number of fused-ring (bicyclic) bond motifs is 1. The summed E-state index contributed by atoms with van der Waals surface area (Å²) in [6, 6.07) is 5.89. The van der Waals surface area contributed by atoms with Gasteiger partial charge in [0.1, 0.15) is 0 Å². The summed E-state index contributed by atoms with van der Waals surface area (Å²) in [4.78, 5) is 33.3. The molecule has 3 rings (SSSR count). The molecule has 148 valence electrons. The molecule has 3 amide bonds. The summed E-state index contributed by atoms with van der Waals surface area (Å²) in [5, 5.41) is 3.00. The molecule has 0 bridgehead atoms. The van der Waals surface area contributed by atoms with E-state index in [9.17, 15) is 9.59 Å². The molecule has 1 saturated heterocycles. The van der Waals surface area contributed by atoms with Crippen molar-refractivity contribution in [1.29, 1.82) is 0 Å². The largest absolute Gasteiger partial charge is 0.340 e. The van der Waals surface area contributed by atoms with E-state index in [0.717, 1.165) is 43.7 Å². The van der Waals surface area contributed by atoms with Crippen molar-refractivity contribution in [2.45, 2.75) is 25.4 Å². The summed E-state index contributed by atoms with van der Waals surface area (Å²) in [6.45, 7) is 4.14. The van der Waals surface area contributed by atoms with Crippen molar-refractivity contribution < 1.29 is 9.59 Å². The molecule has 0 radical (unpaired) electrons. The van der Waals surface area contributed by atoms with E-state index in [0.29, 0.717) is 18.7 Å². The Morgan fingerprint density at radius 3 is 2.56 bits per heavy atom. The van der Waals surface area contributed by atoms with Crippen LogP contribution in [0.25, 0.3) is 0 Å². The lowest BCUT2D eigenvalue weighted by atomic mass is 10.0. The van der Waals surface area contributed by atoms with E-state index in [-0.39, 0.29) is 18.0 Å². The number of amides is 3. The van der Waals surface area contributed by atoms with Crippen LogP contribution in [0.5, 0.6) is 0 Å². The van der Waals surface area contributed by atoms with E-state index >= 15 is 0 Å². The Balaban J connectivity index is 1.69. The maximum Gasteiger partial charge on any atom is 0.322 e. The van der Waals surface area contributed by atoms with Gasteiger partial charge >= 0.3 is 6.03 Å². The Morgan fingerprint density at radius 1 is 1.19 bits per heavy atom. The van der Waals surface area contributed by atoms with Crippen LogP contribution in [0, 0.1) is 0 Å². The van der Waals surface area contributed by atoms with Crippen molar-refractivity contribution in [2.24, 2.45) is 0 Å². The van der Waals surface area contributed by atoms with Crippen LogP contribution >= 0.6 is 0 Å². The monoisotopic (exact) mass is 373 g/mol. The second kappa shape index (κ2) is 8.27. The van der Waals surface area contributed by atoms with Gasteiger partial charge in [-0.25, -0.2) is 4.79 Å². The van der Waals surface area contributed by atoms with Crippen LogP contribution in [0.15, 0.2) is 18.2 Å². The first-order chi connectivity index (χ1) is 12.8. The quantitative estimate of drug-likeness (QED) is 0.855. The number of nitrogens with zero attached hydrogens (tertiary/aromatic N) is 4. The van der Waals surface area contributed by atoms with Gasteiger partial charge in [-0.05, 0) is 64.8 Å². The lowest BCUT2D eigenvalue weighted by Crippen LogP contribution is -2.49. The Hall–Kier alpha value is -2.12. The van der Waals surface area contributed by atoms with Crippen molar-refractivity contribution in [3.05, 3.63) is 29.3 Å². The second-order valence-electron chi connectivity index (χ2n) is 7.99. The number of piperidine rings is 1.